The monoisotopic (exact) mass is 351 g/mol. The number of hydrazone groups is 1. The van der Waals surface area contributed by atoms with E-state index in [1.54, 1.807) is 0 Å². The lowest BCUT2D eigenvalue weighted by Gasteiger charge is -2.00. The first-order valence-corrected chi connectivity index (χ1v) is 6.64. The van der Waals surface area contributed by atoms with Crippen LogP contribution in [0.3, 0.4) is 0 Å². The maximum absolute atomic E-state index is 11.6. The first-order chi connectivity index (χ1) is 10.0. The Kier molecular flexibility index (Phi) is 4.83. The summed E-state index contributed by atoms with van der Waals surface area (Å²) >= 11 is 3.31. The van der Waals surface area contributed by atoms with Crippen LogP contribution in [0.1, 0.15) is 11.3 Å². The number of nitro groups is 1. The molecule has 0 bridgehead atoms. The molecule has 0 saturated heterocycles. The summed E-state index contributed by atoms with van der Waals surface area (Å²) in [6.45, 7) is 0. The van der Waals surface area contributed by atoms with Crippen molar-refractivity contribution in [1.29, 1.82) is 0 Å². The summed E-state index contributed by atoms with van der Waals surface area (Å²) in [5, 5.41) is 14.1. The van der Waals surface area contributed by atoms with Gasteiger partial charge in [0.15, 0.2) is 5.76 Å². The quantitative estimate of drug-likeness (QED) is 0.508. The lowest BCUT2D eigenvalue weighted by atomic mass is 10.1. The van der Waals surface area contributed by atoms with Crippen molar-refractivity contribution in [2.45, 2.75) is 6.42 Å². The molecule has 21 heavy (non-hydrogen) atoms. The topological polar surface area (TPSA) is 97.7 Å². The van der Waals surface area contributed by atoms with Crippen molar-refractivity contribution in [3.05, 3.63) is 62.3 Å². The molecule has 1 aromatic heterocycles. The number of carbonyl (C=O) groups is 1. The third-order valence-electron chi connectivity index (χ3n) is 2.45. The van der Waals surface area contributed by atoms with Crippen LogP contribution < -0.4 is 5.43 Å². The number of nitrogens with zero attached hydrogens (tertiary/aromatic N) is 2. The van der Waals surface area contributed by atoms with Crippen molar-refractivity contribution in [2.75, 3.05) is 0 Å². The molecular formula is C13H10BrN3O4. The van der Waals surface area contributed by atoms with Gasteiger partial charge >= 0.3 is 5.88 Å². The van der Waals surface area contributed by atoms with Crippen LogP contribution in [0.4, 0.5) is 5.88 Å². The number of halogens is 1. The second-order valence-electron chi connectivity index (χ2n) is 4.03. The molecule has 1 amide bonds. The average Bonchev–Trinajstić information content (AvgIpc) is 2.90. The molecule has 0 unspecified atom stereocenters. The molecule has 108 valence electrons. The molecule has 1 heterocycles. The zero-order valence-corrected chi connectivity index (χ0v) is 12.2. The summed E-state index contributed by atoms with van der Waals surface area (Å²) in [6.07, 6.45) is 1.38. The van der Waals surface area contributed by atoms with Crippen LogP contribution in [0.25, 0.3) is 0 Å². The number of hydrogen-bond acceptors (Lipinski definition) is 5. The first-order valence-electron chi connectivity index (χ1n) is 5.85. The van der Waals surface area contributed by atoms with Crippen LogP contribution in [0, 0.1) is 10.1 Å². The zero-order valence-electron chi connectivity index (χ0n) is 10.7. The Balaban J connectivity index is 1.86. The minimum Gasteiger partial charge on any atom is -0.400 e. The van der Waals surface area contributed by atoms with Gasteiger partial charge in [0, 0.05) is 4.47 Å². The van der Waals surface area contributed by atoms with Gasteiger partial charge in [0.25, 0.3) is 0 Å². The molecule has 0 spiro atoms. The number of rotatable bonds is 5. The normalized spacial score (nSPS) is 10.7. The average molecular weight is 352 g/mol. The van der Waals surface area contributed by atoms with Gasteiger partial charge in [-0.2, -0.15) is 5.10 Å². The van der Waals surface area contributed by atoms with E-state index in [1.807, 2.05) is 24.3 Å². The molecule has 0 atom stereocenters. The van der Waals surface area contributed by atoms with Crippen molar-refractivity contribution in [3.8, 4) is 0 Å². The van der Waals surface area contributed by atoms with Crippen LogP contribution in [0.5, 0.6) is 0 Å². The Morgan fingerprint density at radius 1 is 1.33 bits per heavy atom. The van der Waals surface area contributed by atoms with Gasteiger partial charge in [0.1, 0.15) is 4.92 Å². The van der Waals surface area contributed by atoms with Crippen molar-refractivity contribution < 1.29 is 14.1 Å². The van der Waals surface area contributed by atoms with E-state index >= 15 is 0 Å². The SMILES string of the molecule is O=C(Cc1ccc(Br)cc1)NN=Cc1ccc([N+](=O)[O-])o1. The van der Waals surface area contributed by atoms with Gasteiger partial charge in [-0.05, 0) is 23.8 Å². The number of carbonyl (C=O) groups excluding carboxylic acids is 1. The fourth-order valence-corrected chi connectivity index (χ4v) is 1.77. The summed E-state index contributed by atoms with van der Waals surface area (Å²) in [5.74, 6) is -0.488. The Hall–Kier alpha value is -2.48. The van der Waals surface area contributed by atoms with Crippen molar-refractivity contribution in [2.24, 2.45) is 5.10 Å². The number of hydrogen-bond donors (Lipinski definition) is 1. The molecule has 0 radical (unpaired) electrons. The second kappa shape index (κ2) is 6.80. The lowest BCUT2D eigenvalue weighted by molar-refractivity contribution is -0.402. The van der Waals surface area contributed by atoms with Crippen LogP contribution in [-0.4, -0.2) is 17.0 Å². The van der Waals surface area contributed by atoms with E-state index in [4.69, 9.17) is 4.42 Å². The molecule has 0 fully saturated rings. The molecule has 2 rings (SSSR count). The van der Waals surface area contributed by atoms with E-state index in [-0.39, 0.29) is 24.0 Å². The predicted molar refractivity (Wildman–Crippen MR) is 78.9 cm³/mol. The molecule has 8 heteroatoms. The molecule has 0 aliphatic rings. The number of furan rings is 1. The van der Waals surface area contributed by atoms with Gasteiger partial charge < -0.3 is 4.42 Å². The summed E-state index contributed by atoms with van der Waals surface area (Å²) in [4.78, 5) is 21.4. The van der Waals surface area contributed by atoms with E-state index in [2.05, 4.69) is 26.5 Å². The highest BCUT2D eigenvalue weighted by Gasteiger charge is 2.10. The number of amides is 1. The Bertz CT molecular complexity index is 679. The van der Waals surface area contributed by atoms with Gasteiger partial charge in [0.2, 0.25) is 5.91 Å². The molecule has 0 aliphatic carbocycles. The Labute approximate surface area is 127 Å². The predicted octanol–water partition coefficient (Wildman–Crippen LogP) is 2.64. The zero-order chi connectivity index (χ0) is 15.2. The van der Waals surface area contributed by atoms with E-state index in [0.717, 1.165) is 10.0 Å². The maximum Gasteiger partial charge on any atom is 0.433 e. The van der Waals surface area contributed by atoms with Crippen LogP contribution in [-0.2, 0) is 11.2 Å². The standard InChI is InChI=1S/C13H10BrN3O4/c14-10-3-1-9(2-4-10)7-12(18)16-15-8-11-5-6-13(21-11)17(19)20/h1-6,8H,7H2,(H,16,18). The molecule has 7 nitrogen and oxygen atoms in total. The fourth-order valence-electron chi connectivity index (χ4n) is 1.50. The Morgan fingerprint density at radius 3 is 2.67 bits per heavy atom. The molecular weight excluding hydrogens is 342 g/mol. The highest BCUT2D eigenvalue weighted by Crippen LogP contribution is 2.13. The van der Waals surface area contributed by atoms with Crippen molar-refractivity contribution >= 4 is 33.9 Å². The minimum absolute atomic E-state index is 0.183. The number of benzene rings is 1. The Morgan fingerprint density at radius 2 is 2.05 bits per heavy atom. The number of nitrogens with one attached hydrogen (secondary N) is 1. The van der Waals surface area contributed by atoms with Gasteiger partial charge in [-0.25, -0.2) is 5.43 Å². The minimum atomic E-state index is -0.649. The second-order valence-corrected chi connectivity index (χ2v) is 4.95. The van der Waals surface area contributed by atoms with Gasteiger partial charge in [-0.15, -0.1) is 0 Å². The third-order valence-corrected chi connectivity index (χ3v) is 2.98. The molecule has 0 aliphatic heterocycles. The van der Waals surface area contributed by atoms with Crippen LogP contribution in [0.15, 0.2) is 50.4 Å². The van der Waals surface area contributed by atoms with Gasteiger partial charge in [-0.1, -0.05) is 28.1 Å². The van der Waals surface area contributed by atoms with E-state index in [0.29, 0.717) is 0 Å². The van der Waals surface area contributed by atoms with Crippen LogP contribution in [0.2, 0.25) is 0 Å². The maximum atomic E-state index is 11.6. The highest BCUT2D eigenvalue weighted by atomic mass is 79.9. The van der Waals surface area contributed by atoms with Gasteiger partial charge in [-0.3, -0.25) is 14.9 Å². The van der Waals surface area contributed by atoms with E-state index < -0.39 is 4.92 Å². The van der Waals surface area contributed by atoms with Crippen molar-refractivity contribution in [3.63, 3.8) is 0 Å². The third kappa shape index (κ3) is 4.53. The lowest BCUT2D eigenvalue weighted by Crippen LogP contribution is -2.19. The fraction of sp³-hybridized carbons (Fsp3) is 0.0769. The smallest absolute Gasteiger partial charge is 0.400 e. The molecule has 0 saturated carbocycles. The summed E-state index contributed by atoms with van der Waals surface area (Å²) in [5.41, 5.74) is 3.17. The van der Waals surface area contributed by atoms with E-state index in [9.17, 15) is 14.9 Å². The van der Waals surface area contributed by atoms with Crippen LogP contribution >= 0.6 is 15.9 Å². The summed E-state index contributed by atoms with van der Waals surface area (Å²) in [6, 6.07) is 9.93. The van der Waals surface area contributed by atoms with E-state index in [1.165, 1.54) is 18.3 Å². The highest BCUT2D eigenvalue weighted by molar-refractivity contribution is 9.10. The van der Waals surface area contributed by atoms with Crippen molar-refractivity contribution in [1.82, 2.24) is 5.43 Å². The molecule has 1 aromatic carbocycles. The molecule has 2 aromatic rings. The molecule has 1 N–H and O–H groups in total. The summed E-state index contributed by atoms with van der Waals surface area (Å²) in [7, 11) is 0. The largest absolute Gasteiger partial charge is 0.433 e. The first kappa shape index (κ1) is 14.9. The van der Waals surface area contributed by atoms with Gasteiger partial charge in [0.05, 0.1) is 18.7 Å². The summed E-state index contributed by atoms with van der Waals surface area (Å²) < 4.78 is 5.79.